The third-order valence-electron chi connectivity index (χ3n) is 5.54. The third-order valence-corrected chi connectivity index (χ3v) is 7.38. The third kappa shape index (κ3) is 5.27. The van der Waals surface area contributed by atoms with Crippen molar-refractivity contribution in [1.29, 1.82) is 0 Å². The number of aromatic nitrogens is 2. The molecular weight excluding hydrogens is 519 g/mol. The molecule has 3 heterocycles. The molecule has 1 saturated heterocycles. The summed E-state index contributed by atoms with van der Waals surface area (Å²) < 4.78 is 69.9. The minimum Gasteiger partial charge on any atom is -0.383 e. The van der Waals surface area contributed by atoms with E-state index in [1.54, 1.807) is 32.0 Å². The Balaban J connectivity index is 1.60. The summed E-state index contributed by atoms with van der Waals surface area (Å²) in [6.45, 7) is 1.73. The summed E-state index contributed by atoms with van der Waals surface area (Å²) >= 11 is 0. The van der Waals surface area contributed by atoms with Crippen molar-refractivity contribution in [2.24, 2.45) is 0 Å². The average Bonchev–Trinajstić information content (AvgIpc) is 3.26. The number of alkyl halides is 3. The Morgan fingerprint density at radius 2 is 1.86 bits per heavy atom. The molecule has 1 aliphatic rings. The van der Waals surface area contributed by atoms with Crippen LogP contribution in [-0.2, 0) is 24.4 Å². The van der Waals surface area contributed by atoms with Gasteiger partial charge in [0.25, 0.3) is 5.91 Å². The SMILES string of the molecule is Cc1cc(-c2cc(-c3cc(S(=O)(=O)N4CCN(OC(=O)C(F)(F)F)C(=O)C4)ccc3C)cnc2N)on1. The summed E-state index contributed by atoms with van der Waals surface area (Å²) in [5, 5.41) is 4.04. The number of nitrogens with two attached hydrogens (primary N) is 1. The Bertz CT molecular complexity index is 1490. The molecule has 196 valence electrons. The quantitative estimate of drug-likeness (QED) is 0.516. The largest absolute Gasteiger partial charge is 0.493 e. The van der Waals surface area contributed by atoms with Gasteiger partial charge in [-0.2, -0.15) is 22.5 Å². The number of hydrogen-bond acceptors (Lipinski definition) is 9. The molecule has 37 heavy (non-hydrogen) atoms. The zero-order chi connectivity index (χ0) is 27.1. The molecule has 1 aromatic carbocycles. The van der Waals surface area contributed by atoms with E-state index in [0.717, 1.165) is 4.31 Å². The molecule has 0 spiro atoms. The van der Waals surface area contributed by atoms with Crippen LogP contribution in [0, 0.1) is 13.8 Å². The molecule has 0 radical (unpaired) electrons. The van der Waals surface area contributed by atoms with E-state index in [9.17, 15) is 31.2 Å². The Hall–Kier alpha value is -3.98. The molecular formula is C22H20F3N5O6S. The van der Waals surface area contributed by atoms with Gasteiger partial charge in [-0.3, -0.25) is 4.79 Å². The van der Waals surface area contributed by atoms with Gasteiger partial charge in [-0.1, -0.05) is 11.2 Å². The number of hydroxylamine groups is 2. The minimum absolute atomic E-state index is 0.157. The van der Waals surface area contributed by atoms with Crippen LogP contribution in [0.5, 0.6) is 0 Å². The first-order chi connectivity index (χ1) is 17.3. The van der Waals surface area contributed by atoms with Crippen molar-refractivity contribution in [2.75, 3.05) is 25.4 Å². The van der Waals surface area contributed by atoms with Crippen molar-refractivity contribution >= 4 is 27.7 Å². The van der Waals surface area contributed by atoms with Crippen LogP contribution in [-0.4, -0.2) is 65.6 Å². The van der Waals surface area contributed by atoms with Gasteiger partial charge in [0.2, 0.25) is 10.0 Å². The first-order valence-corrected chi connectivity index (χ1v) is 12.1. The lowest BCUT2D eigenvalue weighted by Gasteiger charge is -2.32. The van der Waals surface area contributed by atoms with E-state index < -0.39 is 41.2 Å². The smallest absolute Gasteiger partial charge is 0.383 e. The zero-order valence-electron chi connectivity index (χ0n) is 19.4. The van der Waals surface area contributed by atoms with E-state index in [2.05, 4.69) is 15.0 Å². The molecule has 15 heteroatoms. The lowest BCUT2D eigenvalue weighted by Crippen LogP contribution is -2.53. The molecule has 1 fully saturated rings. The van der Waals surface area contributed by atoms with Gasteiger partial charge in [0.1, 0.15) is 5.82 Å². The summed E-state index contributed by atoms with van der Waals surface area (Å²) in [5.41, 5.74) is 8.84. The van der Waals surface area contributed by atoms with Crippen LogP contribution < -0.4 is 5.73 Å². The van der Waals surface area contributed by atoms with Gasteiger partial charge < -0.3 is 15.1 Å². The van der Waals surface area contributed by atoms with Crippen LogP contribution in [0.25, 0.3) is 22.5 Å². The molecule has 1 aliphatic heterocycles. The monoisotopic (exact) mass is 539 g/mol. The maximum absolute atomic E-state index is 13.3. The summed E-state index contributed by atoms with van der Waals surface area (Å²) in [6, 6.07) is 7.67. The molecule has 0 bridgehead atoms. The molecule has 0 aliphatic carbocycles. The van der Waals surface area contributed by atoms with Crippen molar-refractivity contribution in [3.05, 3.63) is 47.8 Å². The molecule has 3 aromatic rings. The molecule has 1 amide bonds. The van der Waals surface area contributed by atoms with Crippen molar-refractivity contribution < 1.29 is 40.5 Å². The number of hydrogen-bond donors (Lipinski definition) is 1. The number of nitrogens with zero attached hydrogens (tertiary/aromatic N) is 4. The molecule has 0 unspecified atom stereocenters. The first-order valence-electron chi connectivity index (χ1n) is 10.7. The highest BCUT2D eigenvalue weighted by molar-refractivity contribution is 7.89. The van der Waals surface area contributed by atoms with Gasteiger partial charge >= 0.3 is 12.1 Å². The van der Waals surface area contributed by atoms with Crippen LogP contribution in [0.4, 0.5) is 19.0 Å². The van der Waals surface area contributed by atoms with Crippen molar-refractivity contribution in [3.63, 3.8) is 0 Å². The van der Waals surface area contributed by atoms with Gasteiger partial charge in [-0.05, 0) is 43.2 Å². The van der Waals surface area contributed by atoms with Crippen LogP contribution in [0.1, 0.15) is 11.3 Å². The number of pyridine rings is 1. The first kappa shape index (κ1) is 26.1. The Morgan fingerprint density at radius 3 is 2.49 bits per heavy atom. The maximum atomic E-state index is 13.3. The van der Waals surface area contributed by atoms with Gasteiger partial charge in [-0.15, -0.1) is 0 Å². The van der Waals surface area contributed by atoms with E-state index >= 15 is 0 Å². The standard InChI is InChI=1S/C22H20F3N5O6S/c1-12-3-4-15(9-16(12)14-8-17(20(26)27-10-14)18-7-13(2)28-35-18)37(33,34)29-5-6-30(19(31)11-29)36-21(32)22(23,24)25/h3-4,7-10H,5-6,11H2,1-2H3,(H2,26,27). The van der Waals surface area contributed by atoms with Crippen LogP contribution in [0.3, 0.4) is 0 Å². The molecule has 4 rings (SSSR count). The second-order valence-electron chi connectivity index (χ2n) is 8.18. The molecule has 2 N–H and O–H groups in total. The van der Waals surface area contributed by atoms with Crippen LogP contribution in [0.2, 0.25) is 0 Å². The second kappa shape index (κ2) is 9.48. The Kier molecular flexibility index (Phi) is 6.68. The van der Waals surface area contributed by atoms with Crippen LogP contribution in [0.15, 0.2) is 45.9 Å². The fraction of sp³-hybridized carbons (Fsp3) is 0.273. The van der Waals surface area contributed by atoms with Gasteiger partial charge in [0.05, 0.1) is 29.2 Å². The van der Waals surface area contributed by atoms with E-state index in [1.165, 1.54) is 18.3 Å². The Labute approximate surface area is 208 Å². The summed E-state index contributed by atoms with van der Waals surface area (Å²) in [6.07, 6.45) is -3.83. The van der Waals surface area contributed by atoms with E-state index in [1.807, 2.05) is 0 Å². The fourth-order valence-electron chi connectivity index (χ4n) is 3.62. The summed E-state index contributed by atoms with van der Waals surface area (Å²) in [5.74, 6) is -3.12. The normalized spacial score (nSPS) is 15.2. The molecule has 2 aromatic heterocycles. The number of benzene rings is 1. The number of nitrogen functional groups attached to an aromatic ring is 1. The number of anilines is 1. The molecule has 11 nitrogen and oxygen atoms in total. The van der Waals surface area contributed by atoms with E-state index in [-0.39, 0.29) is 22.3 Å². The molecule has 0 atom stereocenters. The van der Waals surface area contributed by atoms with Gasteiger partial charge in [0.15, 0.2) is 5.76 Å². The van der Waals surface area contributed by atoms with Crippen molar-refractivity contribution in [1.82, 2.24) is 19.5 Å². The number of amides is 1. The van der Waals surface area contributed by atoms with Crippen molar-refractivity contribution in [3.8, 4) is 22.5 Å². The zero-order valence-corrected chi connectivity index (χ0v) is 20.3. The van der Waals surface area contributed by atoms with Gasteiger partial charge in [-0.25, -0.2) is 18.2 Å². The minimum atomic E-state index is -5.30. The lowest BCUT2D eigenvalue weighted by atomic mass is 10.00. The topological polar surface area (TPSA) is 149 Å². The highest BCUT2D eigenvalue weighted by Crippen LogP contribution is 2.33. The number of piperazine rings is 1. The van der Waals surface area contributed by atoms with Gasteiger partial charge in [0, 0.05) is 24.4 Å². The average molecular weight is 539 g/mol. The highest BCUT2D eigenvalue weighted by atomic mass is 32.2. The lowest BCUT2D eigenvalue weighted by molar-refractivity contribution is -0.239. The number of rotatable bonds is 5. The van der Waals surface area contributed by atoms with E-state index in [4.69, 9.17) is 10.3 Å². The predicted octanol–water partition coefficient (Wildman–Crippen LogP) is 2.46. The van der Waals surface area contributed by atoms with Crippen LogP contribution >= 0.6 is 0 Å². The number of halogens is 3. The van der Waals surface area contributed by atoms with E-state index in [0.29, 0.717) is 33.7 Å². The summed E-state index contributed by atoms with van der Waals surface area (Å²) in [7, 11) is -4.24. The van der Waals surface area contributed by atoms with Crippen molar-refractivity contribution in [2.45, 2.75) is 24.9 Å². The molecule has 0 saturated carbocycles. The fourth-order valence-corrected chi connectivity index (χ4v) is 5.03. The summed E-state index contributed by atoms with van der Waals surface area (Å²) in [4.78, 5) is 31.3. The number of sulfonamides is 1. The Morgan fingerprint density at radius 1 is 1.14 bits per heavy atom. The highest BCUT2D eigenvalue weighted by Gasteiger charge is 2.44. The second-order valence-corrected chi connectivity index (χ2v) is 10.1. The number of carbonyl (C=O) groups excluding carboxylic acids is 2. The number of carbonyl (C=O) groups is 2. The number of aryl methyl sites for hydroxylation is 2. The maximum Gasteiger partial charge on any atom is 0.493 e. The predicted molar refractivity (Wildman–Crippen MR) is 122 cm³/mol.